The molecule has 0 aliphatic heterocycles. The summed E-state index contributed by atoms with van der Waals surface area (Å²) in [6.07, 6.45) is 0.669. The van der Waals surface area contributed by atoms with Crippen molar-refractivity contribution in [2.75, 3.05) is 6.61 Å². The summed E-state index contributed by atoms with van der Waals surface area (Å²) in [5.41, 5.74) is 0.0969. The molecular formula is C36H58O9. The molecule has 0 aromatic carbocycles. The Morgan fingerprint density at radius 2 is 1.49 bits per heavy atom. The smallest absolute Gasteiger partial charge is 0.338 e. The second-order valence-electron chi connectivity index (χ2n) is 17.1. The molecule has 0 aromatic heterocycles. The molecule has 256 valence electrons. The minimum atomic E-state index is -2.06. The van der Waals surface area contributed by atoms with Gasteiger partial charge in [-0.15, -0.1) is 0 Å². The fourth-order valence-electron chi connectivity index (χ4n) is 12.6. The largest absolute Gasteiger partial charge is 0.481 e. The zero-order chi connectivity index (χ0) is 33.5. The van der Waals surface area contributed by atoms with E-state index in [1.165, 1.54) is 0 Å². The number of hydrogen-bond acceptors (Lipinski definition) is 8. The summed E-state index contributed by atoms with van der Waals surface area (Å²) in [5.74, 6) is -0.266. The van der Waals surface area contributed by atoms with Crippen LogP contribution in [0.5, 0.6) is 0 Å². The van der Waals surface area contributed by atoms with Crippen LogP contribution >= 0.6 is 0 Å². The number of ether oxygens (including phenoxy) is 1. The van der Waals surface area contributed by atoms with Crippen molar-refractivity contribution in [1.82, 2.24) is 0 Å². The molecule has 5 aliphatic rings. The molecular weight excluding hydrogens is 576 g/mol. The summed E-state index contributed by atoms with van der Waals surface area (Å²) < 4.78 is 5.86. The quantitative estimate of drug-likeness (QED) is 0.171. The number of esters is 1. The molecule has 6 N–H and O–H groups in total. The number of aliphatic hydroxyl groups excluding tert-OH is 5. The molecule has 0 saturated heterocycles. The van der Waals surface area contributed by atoms with Gasteiger partial charge in [-0.2, -0.15) is 0 Å². The molecule has 0 bridgehead atoms. The predicted octanol–water partition coefficient (Wildman–Crippen LogP) is 4.08. The van der Waals surface area contributed by atoms with Gasteiger partial charge < -0.3 is 35.4 Å². The van der Waals surface area contributed by atoms with E-state index in [4.69, 9.17) is 9.84 Å². The molecule has 14 atom stereocenters. The minimum Gasteiger partial charge on any atom is -0.481 e. The molecule has 9 heteroatoms. The highest BCUT2D eigenvalue weighted by Gasteiger charge is 2.72. The second-order valence-corrected chi connectivity index (χ2v) is 17.1. The molecule has 5 saturated carbocycles. The highest BCUT2D eigenvalue weighted by Crippen LogP contribution is 2.77. The van der Waals surface area contributed by atoms with Crippen molar-refractivity contribution in [3.05, 3.63) is 12.2 Å². The molecule has 9 nitrogen and oxygen atoms in total. The van der Waals surface area contributed by atoms with Gasteiger partial charge in [-0.1, -0.05) is 46.8 Å². The molecule has 5 aliphatic carbocycles. The summed E-state index contributed by atoms with van der Waals surface area (Å²) in [6.45, 7) is 17.2. The van der Waals surface area contributed by atoms with Crippen LogP contribution in [0.4, 0.5) is 0 Å². The molecule has 45 heavy (non-hydrogen) atoms. The zero-order valence-corrected chi connectivity index (χ0v) is 28.2. The Bertz CT molecular complexity index is 1190. The van der Waals surface area contributed by atoms with Crippen molar-refractivity contribution in [2.45, 2.75) is 136 Å². The molecule has 5 rings (SSSR count). The number of rotatable bonds is 8. The standard InChI is InChI=1S/C36H58O9/c1-19(2)20-10-15-36(31(43)44)17-16-34(6)21(26(20)36)8-9-24-33(5)13-12-25(32(3,4)23(33)11-14-35(24,34)7)45-30(42)29(41)28(40)27(39)22(38)18-37/h20-29,37-41H,1,8-18H2,2-7H3,(H,43,44). The number of aliphatic carboxylic acids is 1. The van der Waals surface area contributed by atoms with Gasteiger partial charge in [-0.3, -0.25) is 4.79 Å². The van der Waals surface area contributed by atoms with Crippen molar-refractivity contribution in [3.8, 4) is 0 Å². The van der Waals surface area contributed by atoms with Crippen LogP contribution in [0.25, 0.3) is 0 Å². The fraction of sp³-hybridized carbons (Fsp3) is 0.889. The summed E-state index contributed by atoms with van der Waals surface area (Å²) in [6, 6.07) is 0. The molecule has 0 aromatic rings. The number of aliphatic hydroxyl groups is 5. The molecule has 0 spiro atoms. The van der Waals surface area contributed by atoms with Gasteiger partial charge in [0.05, 0.1) is 12.0 Å². The number of hydrogen-bond donors (Lipinski definition) is 6. The van der Waals surface area contributed by atoms with E-state index >= 15 is 0 Å². The number of fused-ring (bicyclic) bond motifs is 7. The maximum atomic E-state index is 13.0. The Labute approximate surface area is 268 Å². The van der Waals surface area contributed by atoms with Crippen molar-refractivity contribution in [1.29, 1.82) is 0 Å². The Morgan fingerprint density at radius 3 is 2.09 bits per heavy atom. The van der Waals surface area contributed by atoms with Gasteiger partial charge in [0.25, 0.3) is 0 Å². The van der Waals surface area contributed by atoms with E-state index in [9.17, 15) is 35.1 Å². The van der Waals surface area contributed by atoms with Crippen LogP contribution in [-0.4, -0.2) is 79.7 Å². The third-order valence-electron chi connectivity index (χ3n) is 15.2. The van der Waals surface area contributed by atoms with Crippen LogP contribution in [0, 0.1) is 56.7 Å². The minimum absolute atomic E-state index is 0.0131. The highest BCUT2D eigenvalue weighted by molar-refractivity contribution is 5.76. The van der Waals surface area contributed by atoms with Crippen LogP contribution < -0.4 is 0 Å². The van der Waals surface area contributed by atoms with Crippen molar-refractivity contribution in [3.63, 3.8) is 0 Å². The summed E-state index contributed by atoms with van der Waals surface area (Å²) in [5, 5.41) is 60.1. The molecule has 5 fully saturated rings. The van der Waals surface area contributed by atoms with Gasteiger partial charge in [-0.05, 0) is 117 Å². The predicted molar refractivity (Wildman–Crippen MR) is 168 cm³/mol. The van der Waals surface area contributed by atoms with Crippen molar-refractivity contribution < 1.29 is 45.0 Å². The third-order valence-corrected chi connectivity index (χ3v) is 15.2. The van der Waals surface area contributed by atoms with Crippen LogP contribution in [0.1, 0.15) is 106 Å². The summed E-state index contributed by atoms with van der Waals surface area (Å²) in [4.78, 5) is 25.9. The Hall–Kier alpha value is -1.52. The van der Waals surface area contributed by atoms with Crippen LogP contribution in [0.3, 0.4) is 0 Å². The Kier molecular flexibility index (Phi) is 8.95. The lowest BCUT2D eigenvalue weighted by atomic mass is 9.32. The second kappa shape index (κ2) is 11.6. The Morgan fingerprint density at radius 1 is 0.822 bits per heavy atom. The monoisotopic (exact) mass is 634 g/mol. The van der Waals surface area contributed by atoms with E-state index < -0.39 is 59.9 Å². The van der Waals surface area contributed by atoms with Gasteiger partial charge >= 0.3 is 11.9 Å². The lowest BCUT2D eigenvalue weighted by molar-refractivity contribution is -0.252. The molecule has 0 heterocycles. The summed E-state index contributed by atoms with van der Waals surface area (Å²) in [7, 11) is 0. The van der Waals surface area contributed by atoms with Crippen molar-refractivity contribution >= 4 is 11.9 Å². The van der Waals surface area contributed by atoms with Crippen molar-refractivity contribution in [2.24, 2.45) is 56.7 Å². The fourth-order valence-corrected chi connectivity index (χ4v) is 12.6. The van der Waals surface area contributed by atoms with E-state index in [0.29, 0.717) is 18.3 Å². The number of carboxylic acid groups (broad SMARTS) is 1. The van der Waals surface area contributed by atoms with E-state index in [1.807, 2.05) is 0 Å². The van der Waals surface area contributed by atoms with E-state index in [1.54, 1.807) is 0 Å². The first-order valence-corrected chi connectivity index (χ1v) is 17.3. The van der Waals surface area contributed by atoms with Crippen LogP contribution in [-0.2, 0) is 14.3 Å². The zero-order valence-electron chi connectivity index (χ0n) is 28.2. The van der Waals surface area contributed by atoms with Gasteiger partial charge in [0.2, 0.25) is 0 Å². The van der Waals surface area contributed by atoms with E-state index in [2.05, 4.69) is 48.1 Å². The lowest BCUT2D eigenvalue weighted by Gasteiger charge is -2.72. The molecule has 0 radical (unpaired) electrons. The van der Waals surface area contributed by atoms with Gasteiger partial charge in [0.1, 0.15) is 24.4 Å². The van der Waals surface area contributed by atoms with Gasteiger partial charge in [0.15, 0.2) is 6.10 Å². The van der Waals surface area contributed by atoms with E-state index in [-0.39, 0.29) is 34.0 Å². The maximum absolute atomic E-state index is 13.0. The van der Waals surface area contributed by atoms with Crippen LogP contribution in [0.15, 0.2) is 12.2 Å². The SMILES string of the molecule is C=C(C)C1CCC2(C(=O)O)CCC3(C)C(CCC4C5(C)CCC(OC(=O)C(O)C(O)C(O)C(O)CO)C(C)(C)C5CCC43C)C12. The number of carbonyl (C=O) groups excluding carboxylic acids is 1. The summed E-state index contributed by atoms with van der Waals surface area (Å²) >= 11 is 0. The first kappa shape index (κ1) is 34.8. The first-order valence-electron chi connectivity index (χ1n) is 17.3. The number of allylic oxidation sites excluding steroid dienone is 1. The Balaban J connectivity index is 1.38. The first-order chi connectivity index (χ1) is 20.8. The molecule has 14 unspecified atom stereocenters. The normalized spacial score (nSPS) is 46.3. The average Bonchev–Trinajstić information content (AvgIpc) is 3.39. The van der Waals surface area contributed by atoms with Gasteiger partial charge in [0, 0.05) is 5.41 Å². The van der Waals surface area contributed by atoms with Crippen LogP contribution in [0.2, 0.25) is 0 Å². The topological polar surface area (TPSA) is 165 Å². The highest BCUT2D eigenvalue weighted by atomic mass is 16.6. The number of carbonyl (C=O) groups is 2. The number of carboxylic acids is 1. The van der Waals surface area contributed by atoms with Gasteiger partial charge in [-0.25, -0.2) is 4.79 Å². The third kappa shape index (κ3) is 4.88. The van der Waals surface area contributed by atoms with E-state index in [0.717, 1.165) is 63.4 Å². The average molecular weight is 635 g/mol. The lowest BCUT2D eigenvalue weighted by Crippen LogP contribution is -2.67. The maximum Gasteiger partial charge on any atom is 0.338 e. The molecule has 0 amide bonds.